The van der Waals surface area contributed by atoms with Gasteiger partial charge in [-0.2, -0.15) is 5.10 Å². The summed E-state index contributed by atoms with van der Waals surface area (Å²) in [4.78, 5) is 21.5. The summed E-state index contributed by atoms with van der Waals surface area (Å²) < 4.78 is 13.2. The number of aromatic nitrogens is 4. The van der Waals surface area contributed by atoms with Crippen LogP contribution in [-0.4, -0.2) is 20.2 Å². The molecule has 0 aliphatic rings. The van der Waals surface area contributed by atoms with E-state index in [2.05, 4.69) is 20.2 Å². The van der Waals surface area contributed by atoms with Crippen LogP contribution in [0, 0.1) is 12.7 Å². The highest BCUT2D eigenvalue weighted by Crippen LogP contribution is 2.35. The first-order valence-electron chi connectivity index (χ1n) is 7.21. The maximum Gasteiger partial charge on any atom is 0.260 e. The molecule has 0 aliphatic heterocycles. The first-order valence-corrected chi connectivity index (χ1v) is 8.02. The molecular weight excluding hydrogens is 327 g/mol. The molecule has 0 aliphatic carbocycles. The smallest absolute Gasteiger partial charge is 0.260 e. The van der Waals surface area contributed by atoms with Crippen molar-refractivity contribution in [2.45, 2.75) is 6.92 Å². The van der Waals surface area contributed by atoms with Crippen LogP contribution < -0.4 is 5.56 Å². The molecule has 1 aromatic carbocycles. The molecule has 0 unspecified atom stereocenters. The molecule has 0 spiro atoms. The highest BCUT2D eigenvalue weighted by Gasteiger charge is 2.17. The first kappa shape index (κ1) is 14.6. The molecule has 0 saturated heterocycles. The predicted molar refractivity (Wildman–Crippen MR) is 91.4 cm³/mol. The van der Waals surface area contributed by atoms with Gasteiger partial charge in [0, 0.05) is 16.6 Å². The molecule has 0 amide bonds. The maximum atomic E-state index is 13.2. The van der Waals surface area contributed by atoms with Crippen LogP contribution in [0.5, 0.6) is 0 Å². The summed E-state index contributed by atoms with van der Waals surface area (Å²) in [7, 11) is 0. The molecule has 24 heavy (non-hydrogen) atoms. The molecule has 4 rings (SSSR count). The Morgan fingerprint density at radius 2 is 1.96 bits per heavy atom. The SMILES string of the molecule is Cc1sc2nc(-c3cccnn3)[nH]c(=O)c2c1-c1ccc(F)cc1. The van der Waals surface area contributed by atoms with Crippen molar-refractivity contribution in [3.63, 3.8) is 0 Å². The lowest BCUT2D eigenvalue weighted by molar-refractivity contribution is 0.628. The van der Waals surface area contributed by atoms with E-state index < -0.39 is 0 Å². The lowest BCUT2D eigenvalue weighted by Crippen LogP contribution is -2.09. The number of nitrogens with one attached hydrogen (secondary N) is 1. The summed E-state index contributed by atoms with van der Waals surface area (Å²) in [6.07, 6.45) is 1.56. The van der Waals surface area contributed by atoms with E-state index in [0.717, 1.165) is 16.0 Å². The highest BCUT2D eigenvalue weighted by molar-refractivity contribution is 7.19. The summed E-state index contributed by atoms with van der Waals surface area (Å²) in [6.45, 7) is 1.92. The van der Waals surface area contributed by atoms with Gasteiger partial charge < -0.3 is 4.98 Å². The Labute approximate surface area is 139 Å². The number of nitrogens with zero attached hydrogens (tertiary/aromatic N) is 3. The fraction of sp³-hybridized carbons (Fsp3) is 0.0588. The number of hydrogen-bond donors (Lipinski definition) is 1. The maximum absolute atomic E-state index is 13.2. The molecule has 7 heteroatoms. The van der Waals surface area contributed by atoms with Gasteiger partial charge in [0.05, 0.1) is 5.39 Å². The van der Waals surface area contributed by atoms with Gasteiger partial charge in [-0.1, -0.05) is 12.1 Å². The third-order valence-corrected chi connectivity index (χ3v) is 4.68. The van der Waals surface area contributed by atoms with Crippen LogP contribution in [0.15, 0.2) is 47.4 Å². The number of hydrogen-bond acceptors (Lipinski definition) is 5. The Bertz CT molecular complexity index is 1090. The number of aromatic amines is 1. The number of fused-ring (bicyclic) bond motifs is 1. The summed E-state index contributed by atoms with van der Waals surface area (Å²) >= 11 is 1.43. The third kappa shape index (κ3) is 2.39. The molecule has 0 bridgehead atoms. The second-order valence-electron chi connectivity index (χ2n) is 5.24. The number of rotatable bonds is 2. The third-order valence-electron chi connectivity index (χ3n) is 3.69. The molecule has 0 saturated carbocycles. The zero-order valence-corrected chi connectivity index (χ0v) is 13.4. The van der Waals surface area contributed by atoms with E-state index in [-0.39, 0.29) is 11.4 Å². The number of H-pyrrole nitrogens is 1. The summed E-state index contributed by atoms with van der Waals surface area (Å²) in [5.41, 5.74) is 1.84. The van der Waals surface area contributed by atoms with Crippen LogP contribution in [0.25, 0.3) is 32.9 Å². The fourth-order valence-electron chi connectivity index (χ4n) is 2.63. The summed E-state index contributed by atoms with van der Waals surface area (Å²) in [6, 6.07) is 9.57. The lowest BCUT2D eigenvalue weighted by Gasteiger charge is -2.02. The molecule has 0 fully saturated rings. The topological polar surface area (TPSA) is 71.5 Å². The van der Waals surface area contributed by atoms with E-state index in [0.29, 0.717) is 21.7 Å². The van der Waals surface area contributed by atoms with Gasteiger partial charge in [-0.05, 0) is 36.8 Å². The summed E-state index contributed by atoms with van der Waals surface area (Å²) in [5, 5.41) is 8.29. The predicted octanol–water partition coefficient (Wildman–Crippen LogP) is 3.56. The fourth-order valence-corrected chi connectivity index (χ4v) is 3.68. The van der Waals surface area contributed by atoms with Gasteiger partial charge in [-0.15, -0.1) is 16.4 Å². The molecule has 0 atom stereocenters. The van der Waals surface area contributed by atoms with Crippen molar-refractivity contribution in [2.24, 2.45) is 0 Å². The van der Waals surface area contributed by atoms with Crippen molar-refractivity contribution < 1.29 is 4.39 Å². The minimum absolute atomic E-state index is 0.246. The van der Waals surface area contributed by atoms with Gasteiger partial charge >= 0.3 is 0 Å². The van der Waals surface area contributed by atoms with E-state index in [4.69, 9.17) is 0 Å². The monoisotopic (exact) mass is 338 g/mol. The highest BCUT2D eigenvalue weighted by atomic mass is 32.1. The van der Waals surface area contributed by atoms with Crippen LogP contribution in [0.4, 0.5) is 4.39 Å². The Balaban J connectivity index is 1.97. The van der Waals surface area contributed by atoms with Crippen LogP contribution in [-0.2, 0) is 0 Å². The van der Waals surface area contributed by atoms with Crippen molar-refractivity contribution in [1.29, 1.82) is 0 Å². The van der Waals surface area contributed by atoms with Gasteiger partial charge in [-0.25, -0.2) is 9.37 Å². The van der Waals surface area contributed by atoms with Crippen LogP contribution in [0.1, 0.15) is 4.88 Å². The van der Waals surface area contributed by atoms with Crippen LogP contribution in [0.3, 0.4) is 0 Å². The van der Waals surface area contributed by atoms with Crippen LogP contribution in [0.2, 0.25) is 0 Å². The normalized spacial score (nSPS) is 11.1. The van der Waals surface area contributed by atoms with Crippen LogP contribution >= 0.6 is 11.3 Å². The van der Waals surface area contributed by atoms with Gasteiger partial charge in [0.1, 0.15) is 16.3 Å². The van der Waals surface area contributed by atoms with Gasteiger partial charge in [0.15, 0.2) is 5.82 Å². The quantitative estimate of drug-likeness (QED) is 0.607. The minimum atomic E-state index is -0.312. The molecule has 5 nitrogen and oxygen atoms in total. The van der Waals surface area contributed by atoms with Gasteiger partial charge in [0.25, 0.3) is 5.56 Å². The zero-order chi connectivity index (χ0) is 16.7. The van der Waals surface area contributed by atoms with Crippen molar-refractivity contribution in [2.75, 3.05) is 0 Å². The van der Waals surface area contributed by atoms with E-state index in [1.165, 1.54) is 23.5 Å². The molecule has 0 radical (unpaired) electrons. The number of benzene rings is 1. The Hall–Kier alpha value is -2.93. The number of thiophene rings is 1. The molecule has 4 aromatic rings. The molecule has 118 valence electrons. The Kier molecular flexibility index (Phi) is 3.42. The van der Waals surface area contributed by atoms with Crippen molar-refractivity contribution in [1.82, 2.24) is 20.2 Å². The average molecular weight is 338 g/mol. The molecular formula is C17H11FN4OS. The lowest BCUT2D eigenvalue weighted by atomic mass is 10.0. The Morgan fingerprint density at radius 3 is 2.67 bits per heavy atom. The van der Waals surface area contributed by atoms with Gasteiger partial charge in [0.2, 0.25) is 0 Å². The van der Waals surface area contributed by atoms with E-state index in [1.54, 1.807) is 30.5 Å². The molecule has 1 N–H and O–H groups in total. The van der Waals surface area contributed by atoms with E-state index in [9.17, 15) is 9.18 Å². The number of halogens is 1. The second kappa shape index (κ2) is 5.61. The standard InChI is InChI=1S/C17H11FN4OS/c1-9-13(10-4-6-11(18)7-5-10)14-16(23)20-15(21-17(14)24-9)12-3-2-8-19-22-12/h2-8H,1H3,(H,20,21,23). The first-order chi connectivity index (χ1) is 11.6. The second-order valence-corrected chi connectivity index (χ2v) is 6.45. The number of aryl methyl sites for hydroxylation is 1. The summed E-state index contributed by atoms with van der Waals surface area (Å²) in [5.74, 6) is 0.0698. The molecule has 3 aromatic heterocycles. The van der Waals surface area contributed by atoms with Crippen molar-refractivity contribution in [3.05, 3.63) is 63.6 Å². The van der Waals surface area contributed by atoms with Crippen molar-refractivity contribution >= 4 is 21.6 Å². The average Bonchev–Trinajstić information content (AvgIpc) is 2.93. The largest absolute Gasteiger partial charge is 0.305 e. The van der Waals surface area contributed by atoms with E-state index in [1.807, 2.05) is 6.92 Å². The zero-order valence-electron chi connectivity index (χ0n) is 12.6. The molecule has 3 heterocycles. The Morgan fingerprint density at radius 1 is 1.17 bits per heavy atom. The van der Waals surface area contributed by atoms with Gasteiger partial charge in [-0.3, -0.25) is 4.79 Å². The minimum Gasteiger partial charge on any atom is -0.305 e. The van der Waals surface area contributed by atoms with Crippen molar-refractivity contribution in [3.8, 4) is 22.6 Å². The van der Waals surface area contributed by atoms with E-state index >= 15 is 0 Å².